The van der Waals surface area contributed by atoms with Gasteiger partial charge >= 0.3 is 0 Å². The van der Waals surface area contributed by atoms with Crippen molar-refractivity contribution in [2.75, 3.05) is 7.11 Å². The zero-order valence-corrected chi connectivity index (χ0v) is 12.6. The van der Waals surface area contributed by atoms with Gasteiger partial charge in [0.1, 0.15) is 5.82 Å². The van der Waals surface area contributed by atoms with Crippen molar-refractivity contribution in [1.82, 2.24) is 9.71 Å². The van der Waals surface area contributed by atoms with Gasteiger partial charge < -0.3 is 4.74 Å². The Balaban J connectivity index is 2.11. The summed E-state index contributed by atoms with van der Waals surface area (Å²) in [7, 11) is -2.28. The molecule has 5 nitrogen and oxygen atoms in total. The molecule has 8 heteroatoms. The molecule has 0 atom stereocenters. The Morgan fingerprint density at radius 2 is 2.10 bits per heavy atom. The lowest BCUT2D eigenvalue weighted by molar-refractivity contribution is 0.397. The molecule has 2 rings (SSSR count). The van der Waals surface area contributed by atoms with Crippen molar-refractivity contribution in [1.29, 1.82) is 0 Å². The quantitative estimate of drug-likeness (QED) is 0.913. The van der Waals surface area contributed by atoms with E-state index in [1.807, 2.05) is 0 Å². The highest BCUT2D eigenvalue weighted by molar-refractivity contribution is 7.89. The predicted octanol–water partition coefficient (Wildman–Crippen LogP) is 2.36. The van der Waals surface area contributed by atoms with Crippen LogP contribution >= 0.6 is 11.6 Å². The first-order chi connectivity index (χ1) is 9.92. The highest BCUT2D eigenvalue weighted by Crippen LogP contribution is 2.19. The number of aromatic nitrogens is 1. The van der Waals surface area contributed by atoms with Crippen LogP contribution in [0.3, 0.4) is 0 Å². The second-order valence-corrected chi connectivity index (χ2v) is 6.28. The predicted molar refractivity (Wildman–Crippen MR) is 76.2 cm³/mol. The number of nitrogens with zero attached hydrogens (tertiary/aromatic N) is 1. The van der Waals surface area contributed by atoms with Crippen molar-refractivity contribution in [3.8, 4) is 5.88 Å². The van der Waals surface area contributed by atoms with E-state index in [4.69, 9.17) is 16.3 Å². The molecule has 0 saturated carbocycles. The molecule has 0 unspecified atom stereocenters. The molecular weight excluding hydrogens is 319 g/mol. The second kappa shape index (κ2) is 6.38. The maximum atomic E-state index is 13.0. The number of halogens is 2. The topological polar surface area (TPSA) is 68.3 Å². The molecule has 1 aromatic heterocycles. The fraction of sp³-hybridized carbons (Fsp3) is 0.154. The summed E-state index contributed by atoms with van der Waals surface area (Å²) in [4.78, 5) is 3.87. The molecule has 0 amide bonds. The first kappa shape index (κ1) is 15.7. The molecule has 1 aromatic carbocycles. The third-order valence-electron chi connectivity index (χ3n) is 2.67. The number of hydrogen-bond donors (Lipinski definition) is 1. The Kier molecular flexibility index (Phi) is 4.76. The van der Waals surface area contributed by atoms with Gasteiger partial charge in [-0.2, -0.15) is 0 Å². The van der Waals surface area contributed by atoms with Gasteiger partial charge in [0.25, 0.3) is 0 Å². The molecule has 0 saturated heterocycles. The van der Waals surface area contributed by atoms with Crippen LogP contribution in [0.25, 0.3) is 0 Å². The summed E-state index contributed by atoms with van der Waals surface area (Å²) < 4.78 is 44.4. The van der Waals surface area contributed by atoms with Crippen molar-refractivity contribution >= 4 is 21.6 Å². The van der Waals surface area contributed by atoms with Gasteiger partial charge in [0.15, 0.2) is 0 Å². The molecule has 1 heterocycles. The summed E-state index contributed by atoms with van der Waals surface area (Å²) >= 11 is 5.58. The second-order valence-electron chi connectivity index (χ2n) is 4.11. The third kappa shape index (κ3) is 3.90. The van der Waals surface area contributed by atoms with Crippen molar-refractivity contribution in [3.05, 3.63) is 52.9 Å². The number of hydrogen-bond acceptors (Lipinski definition) is 4. The van der Waals surface area contributed by atoms with Gasteiger partial charge in [-0.05, 0) is 23.8 Å². The van der Waals surface area contributed by atoms with E-state index < -0.39 is 15.8 Å². The molecule has 0 radical (unpaired) electrons. The van der Waals surface area contributed by atoms with Crippen molar-refractivity contribution in [2.45, 2.75) is 11.4 Å². The zero-order valence-electron chi connectivity index (χ0n) is 11.0. The minimum atomic E-state index is -3.77. The molecule has 0 bridgehead atoms. The Labute approximate surface area is 126 Å². The molecule has 112 valence electrons. The van der Waals surface area contributed by atoms with Gasteiger partial charge in [-0.15, -0.1) is 0 Å². The van der Waals surface area contributed by atoms with E-state index in [2.05, 4.69) is 9.71 Å². The summed E-state index contributed by atoms with van der Waals surface area (Å²) in [5, 5.41) is -0.246. The van der Waals surface area contributed by atoms with E-state index in [1.54, 1.807) is 12.1 Å². The number of sulfonamides is 1. The van der Waals surface area contributed by atoms with Crippen molar-refractivity contribution in [2.24, 2.45) is 0 Å². The minimum absolute atomic E-state index is 0.0499. The van der Waals surface area contributed by atoms with Crippen LogP contribution in [-0.4, -0.2) is 20.5 Å². The van der Waals surface area contributed by atoms with Gasteiger partial charge in [-0.25, -0.2) is 22.5 Å². The average molecular weight is 331 g/mol. The molecule has 0 aliphatic carbocycles. The van der Waals surface area contributed by atoms with E-state index in [9.17, 15) is 12.8 Å². The average Bonchev–Trinajstić information content (AvgIpc) is 2.48. The summed E-state index contributed by atoms with van der Waals surface area (Å²) in [5.74, 6) is -0.234. The largest absolute Gasteiger partial charge is 0.481 e. The molecule has 2 aromatic rings. The van der Waals surface area contributed by atoms with E-state index in [-0.39, 0.29) is 16.5 Å². The highest BCUT2D eigenvalue weighted by Gasteiger charge is 2.15. The van der Waals surface area contributed by atoms with Crippen LogP contribution in [0, 0.1) is 5.82 Å². The Bertz CT molecular complexity index is 736. The van der Waals surface area contributed by atoms with Gasteiger partial charge in [0.05, 0.1) is 17.0 Å². The molecule has 0 spiro atoms. The van der Waals surface area contributed by atoms with Crippen LogP contribution in [0.4, 0.5) is 4.39 Å². The van der Waals surface area contributed by atoms with Crippen LogP contribution < -0.4 is 9.46 Å². The number of pyridine rings is 1. The van der Waals surface area contributed by atoms with Crippen LogP contribution in [-0.2, 0) is 16.6 Å². The number of ether oxygens (including phenoxy) is 1. The third-order valence-corrected chi connectivity index (χ3v) is 4.36. The normalized spacial score (nSPS) is 11.4. The summed E-state index contributed by atoms with van der Waals surface area (Å²) in [6.07, 6.45) is 1.50. The number of rotatable bonds is 5. The monoisotopic (exact) mass is 330 g/mol. The van der Waals surface area contributed by atoms with Gasteiger partial charge in [0, 0.05) is 18.8 Å². The first-order valence-electron chi connectivity index (χ1n) is 5.86. The van der Waals surface area contributed by atoms with Crippen molar-refractivity contribution < 1.29 is 17.5 Å². The lowest BCUT2D eigenvalue weighted by Gasteiger charge is -2.07. The molecular formula is C13H12ClFN2O3S. The maximum Gasteiger partial charge on any atom is 0.240 e. The zero-order chi connectivity index (χ0) is 15.5. The van der Waals surface area contributed by atoms with Crippen LogP contribution in [0.2, 0.25) is 5.02 Å². The summed E-state index contributed by atoms with van der Waals surface area (Å²) in [6, 6.07) is 6.53. The Hall–Kier alpha value is -1.70. The summed E-state index contributed by atoms with van der Waals surface area (Å²) in [6.45, 7) is 0.0499. The van der Waals surface area contributed by atoms with E-state index in [0.29, 0.717) is 11.4 Å². The fourth-order valence-corrected chi connectivity index (χ4v) is 2.83. The van der Waals surface area contributed by atoms with Gasteiger partial charge in [-0.1, -0.05) is 17.7 Å². The fourth-order valence-electron chi connectivity index (χ4n) is 1.54. The molecule has 0 aliphatic heterocycles. The van der Waals surface area contributed by atoms with Crippen molar-refractivity contribution in [3.63, 3.8) is 0 Å². The van der Waals surface area contributed by atoms with Gasteiger partial charge in [0.2, 0.25) is 15.9 Å². The Morgan fingerprint density at radius 3 is 2.67 bits per heavy atom. The van der Waals surface area contributed by atoms with E-state index in [1.165, 1.54) is 13.3 Å². The van der Waals surface area contributed by atoms with Crippen LogP contribution in [0.1, 0.15) is 5.56 Å². The molecule has 0 fully saturated rings. The smallest absolute Gasteiger partial charge is 0.240 e. The SMILES string of the molecule is COc1ccc(CNS(=O)(=O)c2ccc(F)c(Cl)c2)cn1. The molecule has 21 heavy (non-hydrogen) atoms. The van der Waals surface area contributed by atoms with Crippen LogP contribution in [0.15, 0.2) is 41.4 Å². The minimum Gasteiger partial charge on any atom is -0.481 e. The van der Waals surface area contributed by atoms with Gasteiger partial charge in [-0.3, -0.25) is 0 Å². The lowest BCUT2D eigenvalue weighted by Crippen LogP contribution is -2.23. The summed E-state index contributed by atoms with van der Waals surface area (Å²) in [5.41, 5.74) is 0.660. The maximum absolute atomic E-state index is 13.0. The number of benzene rings is 1. The highest BCUT2D eigenvalue weighted by atomic mass is 35.5. The number of methoxy groups -OCH3 is 1. The van der Waals surface area contributed by atoms with E-state index in [0.717, 1.165) is 18.2 Å². The molecule has 0 aliphatic rings. The standard InChI is InChI=1S/C13H12ClFN2O3S/c1-20-13-5-2-9(7-16-13)8-17-21(18,19)10-3-4-12(15)11(14)6-10/h2-7,17H,8H2,1H3. The lowest BCUT2D eigenvalue weighted by atomic mass is 10.3. The van der Waals surface area contributed by atoms with Crippen LogP contribution in [0.5, 0.6) is 5.88 Å². The first-order valence-corrected chi connectivity index (χ1v) is 7.72. The van der Waals surface area contributed by atoms with E-state index >= 15 is 0 Å². The molecule has 1 N–H and O–H groups in total. The number of nitrogens with one attached hydrogen (secondary N) is 1. The Morgan fingerprint density at radius 1 is 1.33 bits per heavy atom.